The second kappa shape index (κ2) is 9.97. The quantitative estimate of drug-likeness (QED) is 0.456. The van der Waals surface area contributed by atoms with E-state index in [-0.39, 0.29) is 23.9 Å². The summed E-state index contributed by atoms with van der Waals surface area (Å²) in [6, 6.07) is 7.80. The first-order valence-electron chi connectivity index (χ1n) is 10.7. The lowest BCUT2D eigenvalue weighted by atomic mass is 9.77. The number of rotatable bonds is 8. The maximum atomic E-state index is 13.4. The summed E-state index contributed by atoms with van der Waals surface area (Å²) in [5.74, 6) is -3.27. The number of aromatic hydroxyl groups is 1. The fourth-order valence-electron chi connectivity index (χ4n) is 4.08. The summed E-state index contributed by atoms with van der Waals surface area (Å²) in [6.45, 7) is 4.21. The van der Waals surface area contributed by atoms with Gasteiger partial charge in [0.25, 0.3) is 5.91 Å². The lowest BCUT2D eigenvalue weighted by molar-refractivity contribution is -0.142. The maximum absolute atomic E-state index is 13.4. The first kappa shape index (κ1) is 24.2. The number of carbonyl (C=O) groups excluding carboxylic acids is 3. The van der Waals surface area contributed by atoms with Crippen LogP contribution in [-0.2, 0) is 9.59 Å². The van der Waals surface area contributed by atoms with Crippen LogP contribution in [0.5, 0.6) is 5.75 Å². The molecule has 0 radical (unpaired) electrons. The van der Waals surface area contributed by atoms with Crippen LogP contribution in [0.2, 0.25) is 0 Å². The molecular weight excluding hydrogens is 432 g/mol. The van der Waals surface area contributed by atoms with E-state index in [2.05, 4.69) is 16.0 Å². The lowest BCUT2D eigenvalue weighted by Gasteiger charge is -2.28. The normalized spacial score (nSPS) is 18.6. The van der Waals surface area contributed by atoms with Crippen LogP contribution < -0.4 is 16.0 Å². The minimum absolute atomic E-state index is 0.0128. The highest BCUT2D eigenvalue weighted by atomic mass is 19.1. The van der Waals surface area contributed by atoms with E-state index in [1.807, 2.05) is 13.8 Å². The fourth-order valence-corrected chi connectivity index (χ4v) is 4.08. The molecule has 4 N–H and O–H groups in total. The van der Waals surface area contributed by atoms with Crippen molar-refractivity contribution in [1.82, 2.24) is 16.0 Å². The molecule has 3 amide bonds. The van der Waals surface area contributed by atoms with Crippen LogP contribution in [0.1, 0.15) is 48.7 Å². The topological polar surface area (TPSA) is 108 Å². The molecule has 3 rings (SSSR count). The first-order valence-corrected chi connectivity index (χ1v) is 10.7. The van der Waals surface area contributed by atoms with Crippen molar-refractivity contribution in [1.29, 1.82) is 0 Å². The maximum Gasteiger partial charge on any atom is 0.251 e. The molecule has 0 spiro atoms. The Morgan fingerprint density at radius 3 is 2.42 bits per heavy atom. The van der Waals surface area contributed by atoms with E-state index in [1.54, 1.807) is 0 Å². The first-order chi connectivity index (χ1) is 15.6. The molecule has 0 aromatic heterocycles. The highest BCUT2D eigenvalue weighted by Gasteiger charge is 2.49. The molecule has 2 aromatic carbocycles. The van der Waals surface area contributed by atoms with Crippen LogP contribution in [0, 0.1) is 23.0 Å². The summed E-state index contributed by atoms with van der Waals surface area (Å²) in [6.07, 6.45) is 0.755. The van der Waals surface area contributed by atoms with Gasteiger partial charge < -0.3 is 21.1 Å². The van der Waals surface area contributed by atoms with Crippen LogP contribution in [0.3, 0.4) is 0 Å². The zero-order chi connectivity index (χ0) is 24.2. The monoisotopic (exact) mass is 459 g/mol. The van der Waals surface area contributed by atoms with Crippen molar-refractivity contribution in [3.63, 3.8) is 0 Å². The Morgan fingerprint density at radius 1 is 1.15 bits per heavy atom. The zero-order valence-corrected chi connectivity index (χ0v) is 18.5. The van der Waals surface area contributed by atoms with Crippen molar-refractivity contribution in [3.05, 3.63) is 65.2 Å². The molecule has 2 atom stereocenters. The van der Waals surface area contributed by atoms with Crippen LogP contribution in [0.15, 0.2) is 42.5 Å². The SMILES string of the molecule is CC(C)CC1(C(=O)NCC(NC(=O)c2ccc(F)c(O)c2)c2ccc(F)cc2)CCNC1=O. The number of benzene rings is 2. The molecule has 33 heavy (non-hydrogen) atoms. The van der Waals surface area contributed by atoms with Gasteiger partial charge in [0.05, 0.1) is 6.04 Å². The number of halogens is 2. The molecule has 2 aromatic rings. The molecule has 0 bridgehead atoms. The zero-order valence-electron chi connectivity index (χ0n) is 18.5. The Morgan fingerprint density at radius 2 is 1.85 bits per heavy atom. The molecule has 0 aliphatic carbocycles. The van der Waals surface area contributed by atoms with Gasteiger partial charge in [-0.15, -0.1) is 0 Å². The minimum atomic E-state index is -1.19. The van der Waals surface area contributed by atoms with Crippen LogP contribution in [0.4, 0.5) is 8.78 Å². The molecule has 7 nitrogen and oxygen atoms in total. The lowest BCUT2D eigenvalue weighted by Crippen LogP contribution is -2.49. The van der Waals surface area contributed by atoms with Gasteiger partial charge >= 0.3 is 0 Å². The second-order valence-electron chi connectivity index (χ2n) is 8.64. The summed E-state index contributed by atoms with van der Waals surface area (Å²) in [4.78, 5) is 38.4. The van der Waals surface area contributed by atoms with Crippen LogP contribution in [-0.4, -0.2) is 35.9 Å². The molecule has 176 valence electrons. The van der Waals surface area contributed by atoms with E-state index in [1.165, 1.54) is 30.3 Å². The van der Waals surface area contributed by atoms with Gasteiger partial charge in [-0.25, -0.2) is 8.78 Å². The number of amides is 3. The van der Waals surface area contributed by atoms with E-state index in [0.717, 1.165) is 12.1 Å². The largest absolute Gasteiger partial charge is 0.505 e. The number of phenolic OH excluding ortho intramolecular Hbond substituents is 1. The van der Waals surface area contributed by atoms with Gasteiger partial charge in [-0.3, -0.25) is 14.4 Å². The van der Waals surface area contributed by atoms with Crippen LogP contribution >= 0.6 is 0 Å². The average molecular weight is 459 g/mol. The van der Waals surface area contributed by atoms with E-state index in [9.17, 15) is 28.3 Å². The Bertz CT molecular complexity index is 1040. The van der Waals surface area contributed by atoms with Crippen molar-refractivity contribution >= 4 is 17.7 Å². The smallest absolute Gasteiger partial charge is 0.251 e. The summed E-state index contributed by atoms with van der Waals surface area (Å²) < 4.78 is 26.8. The number of nitrogens with one attached hydrogen (secondary N) is 3. The van der Waals surface area contributed by atoms with Gasteiger partial charge in [-0.1, -0.05) is 26.0 Å². The third-order valence-electron chi connectivity index (χ3n) is 5.72. The van der Waals surface area contributed by atoms with Gasteiger partial charge in [0.1, 0.15) is 11.2 Å². The molecule has 9 heteroatoms. The second-order valence-corrected chi connectivity index (χ2v) is 8.64. The average Bonchev–Trinajstić information content (AvgIpc) is 3.13. The predicted molar refractivity (Wildman–Crippen MR) is 117 cm³/mol. The van der Waals surface area contributed by atoms with Gasteiger partial charge in [-0.2, -0.15) is 0 Å². The fraction of sp³-hybridized carbons (Fsp3) is 0.375. The van der Waals surface area contributed by atoms with Crippen molar-refractivity contribution < 1.29 is 28.3 Å². The highest BCUT2D eigenvalue weighted by molar-refractivity contribution is 6.06. The predicted octanol–water partition coefficient (Wildman–Crippen LogP) is 2.81. The van der Waals surface area contributed by atoms with Crippen molar-refractivity contribution in [2.75, 3.05) is 13.1 Å². The van der Waals surface area contributed by atoms with Gasteiger partial charge in [-0.05, 0) is 54.7 Å². The Balaban J connectivity index is 1.80. The highest BCUT2D eigenvalue weighted by Crippen LogP contribution is 2.34. The summed E-state index contributed by atoms with van der Waals surface area (Å²) in [5.41, 5.74) is -0.655. The Hall–Kier alpha value is -3.49. The molecule has 2 unspecified atom stereocenters. The molecule has 1 saturated heterocycles. The summed E-state index contributed by atoms with van der Waals surface area (Å²) in [7, 11) is 0. The summed E-state index contributed by atoms with van der Waals surface area (Å²) >= 11 is 0. The number of hydrogen-bond donors (Lipinski definition) is 4. The molecule has 1 aliphatic rings. The summed E-state index contributed by atoms with van der Waals surface area (Å²) in [5, 5.41) is 17.8. The van der Waals surface area contributed by atoms with Gasteiger partial charge in [0.2, 0.25) is 11.8 Å². The number of hydrogen-bond acceptors (Lipinski definition) is 4. The van der Waals surface area contributed by atoms with Crippen molar-refractivity contribution in [2.45, 2.75) is 32.7 Å². The molecule has 1 aliphatic heterocycles. The number of phenols is 1. The Kier molecular flexibility index (Phi) is 7.30. The molecular formula is C24H27F2N3O4. The third kappa shape index (κ3) is 5.47. The van der Waals surface area contributed by atoms with E-state index in [4.69, 9.17) is 0 Å². The molecule has 1 heterocycles. The van der Waals surface area contributed by atoms with E-state index >= 15 is 0 Å². The molecule has 1 fully saturated rings. The van der Waals surface area contributed by atoms with E-state index in [0.29, 0.717) is 24.9 Å². The standard InChI is InChI=1S/C24H27F2N3O4/c1-14(2)12-24(9-10-27-22(24)32)23(33)28-13-19(15-3-6-17(25)7-4-15)29-21(31)16-5-8-18(26)20(30)11-16/h3-8,11,14,19,30H,9-10,12-13H2,1-2H3,(H,27,32)(H,28,33)(H,29,31). The van der Waals surface area contributed by atoms with Crippen molar-refractivity contribution in [3.8, 4) is 5.75 Å². The Labute approximate surface area is 190 Å². The van der Waals surface area contributed by atoms with Gasteiger partial charge in [0, 0.05) is 18.7 Å². The third-order valence-corrected chi connectivity index (χ3v) is 5.72. The van der Waals surface area contributed by atoms with E-state index < -0.39 is 40.7 Å². The number of carbonyl (C=O) groups is 3. The van der Waals surface area contributed by atoms with Crippen molar-refractivity contribution in [2.24, 2.45) is 11.3 Å². The molecule has 0 saturated carbocycles. The van der Waals surface area contributed by atoms with Gasteiger partial charge in [0.15, 0.2) is 11.6 Å². The van der Waals surface area contributed by atoms with Crippen LogP contribution in [0.25, 0.3) is 0 Å². The minimum Gasteiger partial charge on any atom is -0.505 e.